The van der Waals surface area contributed by atoms with Gasteiger partial charge in [-0.25, -0.2) is 5.43 Å². The molecule has 0 bridgehead atoms. The van der Waals surface area contributed by atoms with Gasteiger partial charge in [0.1, 0.15) is 5.69 Å². The van der Waals surface area contributed by atoms with E-state index in [0.29, 0.717) is 17.5 Å². The second-order valence-electron chi connectivity index (χ2n) is 6.02. The van der Waals surface area contributed by atoms with Gasteiger partial charge in [-0.3, -0.25) is 5.43 Å². The molecule has 7 nitrogen and oxygen atoms in total. The zero-order valence-electron chi connectivity index (χ0n) is 15.5. The monoisotopic (exact) mass is 359 g/mol. The van der Waals surface area contributed by atoms with Crippen LogP contribution >= 0.6 is 0 Å². The van der Waals surface area contributed by atoms with E-state index in [2.05, 4.69) is 36.2 Å². The van der Waals surface area contributed by atoms with Gasteiger partial charge in [-0.15, -0.1) is 10.2 Å². The van der Waals surface area contributed by atoms with Crippen molar-refractivity contribution >= 4 is 24.2 Å². The lowest BCUT2D eigenvalue weighted by molar-refractivity contribution is 0.922. The largest absolute Gasteiger partial charge is 0.265 e. The molecule has 0 saturated carbocycles. The van der Waals surface area contributed by atoms with Crippen molar-refractivity contribution in [1.82, 2.24) is 15.2 Å². The first-order chi connectivity index (χ1) is 13.1. The first kappa shape index (κ1) is 18.2. The molecule has 0 aliphatic heterocycles. The molecule has 0 atom stereocenters. The highest BCUT2D eigenvalue weighted by molar-refractivity contribution is 5.82. The SMILES string of the molecule is Cc1ccccc1/C=N\Nc1nnc(C)c(N/N=C\c2ccccc2C)n1. The molecule has 2 aromatic carbocycles. The highest BCUT2D eigenvalue weighted by Gasteiger charge is 2.04. The Labute approximate surface area is 158 Å². The Hall–Kier alpha value is -3.61. The van der Waals surface area contributed by atoms with Crippen molar-refractivity contribution in [3.8, 4) is 0 Å². The molecule has 2 N–H and O–H groups in total. The van der Waals surface area contributed by atoms with Gasteiger partial charge in [-0.05, 0) is 43.0 Å². The minimum Gasteiger partial charge on any atom is -0.260 e. The number of hydrogen-bond donors (Lipinski definition) is 2. The summed E-state index contributed by atoms with van der Waals surface area (Å²) in [5, 5.41) is 16.5. The Morgan fingerprint density at radius 2 is 1.30 bits per heavy atom. The molecular weight excluding hydrogens is 338 g/mol. The lowest BCUT2D eigenvalue weighted by Crippen LogP contribution is -2.05. The molecule has 0 radical (unpaired) electrons. The number of nitrogens with zero attached hydrogens (tertiary/aromatic N) is 5. The molecule has 0 aliphatic rings. The van der Waals surface area contributed by atoms with Gasteiger partial charge in [0.05, 0.1) is 12.4 Å². The molecule has 0 unspecified atom stereocenters. The van der Waals surface area contributed by atoms with E-state index in [1.54, 1.807) is 12.4 Å². The normalized spacial score (nSPS) is 11.2. The Morgan fingerprint density at radius 3 is 1.89 bits per heavy atom. The third-order valence-corrected chi connectivity index (χ3v) is 3.97. The van der Waals surface area contributed by atoms with E-state index in [-0.39, 0.29) is 0 Å². The van der Waals surface area contributed by atoms with E-state index >= 15 is 0 Å². The molecule has 0 fully saturated rings. The molecule has 136 valence electrons. The molecule has 0 saturated heterocycles. The third kappa shape index (κ3) is 4.94. The second kappa shape index (κ2) is 8.66. The fraction of sp³-hybridized carbons (Fsp3) is 0.150. The number of rotatable bonds is 6. The quantitative estimate of drug-likeness (QED) is 0.518. The number of benzene rings is 2. The summed E-state index contributed by atoms with van der Waals surface area (Å²) in [6.07, 6.45) is 3.47. The molecule has 1 heterocycles. The molecule has 3 aromatic rings. The lowest BCUT2D eigenvalue weighted by atomic mass is 10.1. The second-order valence-corrected chi connectivity index (χ2v) is 6.02. The fourth-order valence-corrected chi connectivity index (χ4v) is 2.32. The Balaban J connectivity index is 1.67. The van der Waals surface area contributed by atoms with Gasteiger partial charge < -0.3 is 0 Å². The highest BCUT2D eigenvalue weighted by atomic mass is 15.4. The summed E-state index contributed by atoms with van der Waals surface area (Å²) in [4.78, 5) is 4.36. The highest BCUT2D eigenvalue weighted by Crippen LogP contribution is 2.11. The van der Waals surface area contributed by atoms with Crippen LogP contribution in [0.1, 0.15) is 27.9 Å². The van der Waals surface area contributed by atoms with E-state index in [1.807, 2.05) is 69.3 Å². The Bertz CT molecular complexity index is 980. The van der Waals surface area contributed by atoms with E-state index < -0.39 is 0 Å². The smallest absolute Gasteiger partial charge is 0.260 e. The third-order valence-electron chi connectivity index (χ3n) is 3.97. The zero-order valence-corrected chi connectivity index (χ0v) is 15.5. The predicted molar refractivity (Wildman–Crippen MR) is 109 cm³/mol. The topological polar surface area (TPSA) is 87.5 Å². The Kier molecular flexibility index (Phi) is 5.84. The van der Waals surface area contributed by atoms with E-state index in [0.717, 1.165) is 22.3 Å². The molecule has 27 heavy (non-hydrogen) atoms. The molecule has 3 rings (SSSR count). The molecule has 1 aromatic heterocycles. The maximum Gasteiger partial charge on any atom is 0.265 e. The van der Waals surface area contributed by atoms with E-state index in [9.17, 15) is 0 Å². The number of nitrogens with one attached hydrogen (secondary N) is 2. The van der Waals surface area contributed by atoms with E-state index in [1.165, 1.54) is 0 Å². The predicted octanol–water partition coefficient (Wildman–Crippen LogP) is 3.69. The minimum atomic E-state index is 0.291. The van der Waals surface area contributed by atoms with Crippen LogP contribution in [0, 0.1) is 20.8 Å². The summed E-state index contributed by atoms with van der Waals surface area (Å²) >= 11 is 0. The summed E-state index contributed by atoms with van der Waals surface area (Å²) < 4.78 is 0. The van der Waals surface area contributed by atoms with Gasteiger partial charge in [-0.1, -0.05) is 48.5 Å². The number of aromatic nitrogens is 3. The molecule has 7 heteroatoms. The van der Waals surface area contributed by atoms with Crippen LogP contribution in [-0.2, 0) is 0 Å². The van der Waals surface area contributed by atoms with Gasteiger partial charge in [0.2, 0.25) is 0 Å². The van der Waals surface area contributed by atoms with Crippen LogP contribution < -0.4 is 10.9 Å². The molecular formula is C20H21N7. The lowest BCUT2D eigenvalue weighted by Gasteiger charge is -2.05. The van der Waals surface area contributed by atoms with E-state index in [4.69, 9.17) is 0 Å². The maximum atomic E-state index is 4.36. The van der Waals surface area contributed by atoms with Crippen LogP contribution in [0.4, 0.5) is 11.8 Å². The first-order valence-corrected chi connectivity index (χ1v) is 8.54. The fourth-order valence-electron chi connectivity index (χ4n) is 2.32. The average molecular weight is 359 g/mol. The van der Waals surface area contributed by atoms with Gasteiger partial charge in [0.25, 0.3) is 5.95 Å². The van der Waals surface area contributed by atoms with Gasteiger partial charge in [-0.2, -0.15) is 15.2 Å². The van der Waals surface area contributed by atoms with Crippen LogP contribution in [0.3, 0.4) is 0 Å². The molecule has 0 amide bonds. The summed E-state index contributed by atoms with van der Waals surface area (Å²) in [6.45, 7) is 5.87. The number of aryl methyl sites for hydroxylation is 3. The molecule has 0 aliphatic carbocycles. The summed E-state index contributed by atoms with van der Waals surface area (Å²) in [6, 6.07) is 16.0. The van der Waals surface area contributed by atoms with Crippen molar-refractivity contribution in [2.75, 3.05) is 10.9 Å². The zero-order chi connectivity index (χ0) is 19.1. The van der Waals surface area contributed by atoms with Crippen molar-refractivity contribution in [2.24, 2.45) is 10.2 Å². The average Bonchev–Trinajstić information content (AvgIpc) is 2.67. The first-order valence-electron chi connectivity index (χ1n) is 8.54. The number of hydrazone groups is 2. The minimum absolute atomic E-state index is 0.291. The van der Waals surface area contributed by atoms with Gasteiger partial charge in [0, 0.05) is 0 Å². The van der Waals surface area contributed by atoms with Crippen LogP contribution in [-0.4, -0.2) is 27.6 Å². The van der Waals surface area contributed by atoms with Crippen molar-refractivity contribution in [1.29, 1.82) is 0 Å². The number of anilines is 2. The van der Waals surface area contributed by atoms with Crippen molar-refractivity contribution in [3.63, 3.8) is 0 Å². The standard InChI is InChI=1S/C20H21N7/c1-14-8-4-6-10-17(14)12-21-25-19-16(3)24-27-20(23-19)26-22-13-18-11-7-5-9-15(18)2/h4-13H,1-3H3,(H2,23,25,26,27)/b21-12-,22-13-. The maximum absolute atomic E-state index is 4.36. The van der Waals surface area contributed by atoms with Crippen LogP contribution in [0.25, 0.3) is 0 Å². The van der Waals surface area contributed by atoms with Crippen molar-refractivity contribution in [3.05, 3.63) is 76.5 Å². The summed E-state index contributed by atoms with van der Waals surface area (Å²) in [5.41, 5.74) is 10.7. The van der Waals surface area contributed by atoms with Gasteiger partial charge in [0.15, 0.2) is 5.82 Å². The summed E-state index contributed by atoms with van der Waals surface area (Å²) in [7, 11) is 0. The van der Waals surface area contributed by atoms with Crippen LogP contribution in [0.15, 0.2) is 58.7 Å². The summed E-state index contributed by atoms with van der Waals surface area (Å²) in [5.74, 6) is 0.808. The number of hydrogen-bond acceptors (Lipinski definition) is 7. The van der Waals surface area contributed by atoms with Crippen molar-refractivity contribution in [2.45, 2.75) is 20.8 Å². The molecule has 0 spiro atoms. The van der Waals surface area contributed by atoms with Crippen LogP contribution in [0.5, 0.6) is 0 Å². The Morgan fingerprint density at radius 1 is 0.741 bits per heavy atom. The van der Waals surface area contributed by atoms with Gasteiger partial charge >= 0.3 is 0 Å². The van der Waals surface area contributed by atoms with Crippen molar-refractivity contribution < 1.29 is 0 Å². The van der Waals surface area contributed by atoms with Crippen LogP contribution in [0.2, 0.25) is 0 Å².